The quantitative estimate of drug-likeness (QED) is 0.167. The maximum Gasteiger partial charge on any atom is 3.00 e. The molecule has 0 fully saturated rings. The summed E-state index contributed by atoms with van der Waals surface area (Å²) in [5.41, 5.74) is 3.12. The molecule has 64 heavy (non-hydrogen) atoms. The first-order valence-corrected chi connectivity index (χ1v) is 18.4. The van der Waals surface area contributed by atoms with E-state index >= 15 is 0 Å². The Bertz CT molecular complexity index is 2710. The Hall–Kier alpha value is -8.07. The van der Waals surface area contributed by atoms with Crippen molar-refractivity contribution in [2.75, 3.05) is 0 Å². The Kier molecular flexibility index (Phi) is 18.5. The number of carboxylic acids is 3. The van der Waals surface area contributed by atoms with E-state index in [-0.39, 0.29) is 37.2 Å². The normalized spacial score (nSPS) is 9.81. The van der Waals surface area contributed by atoms with Crippen molar-refractivity contribution in [3.05, 3.63) is 223 Å². The molecule has 9 rings (SSSR count). The minimum atomic E-state index is -1.24. The largest absolute Gasteiger partial charge is 3.00 e. The predicted octanol–water partition coefficient (Wildman–Crippen LogP) is 6.69. The molecule has 0 saturated heterocycles. The third kappa shape index (κ3) is 14.5. The second-order valence-electron chi connectivity index (χ2n) is 12.5. The van der Waals surface area contributed by atoms with Gasteiger partial charge in [-0.3, -0.25) is 15.0 Å². The molecule has 0 radical (unpaired) electrons. The van der Waals surface area contributed by atoms with E-state index in [4.69, 9.17) is 0 Å². The van der Waals surface area contributed by atoms with Crippen molar-refractivity contribution in [1.82, 2.24) is 24.9 Å². The van der Waals surface area contributed by atoms with Gasteiger partial charge in [0.15, 0.2) is 0 Å². The van der Waals surface area contributed by atoms with Crippen LogP contribution in [-0.2, 0) is 20.1 Å². The summed E-state index contributed by atoms with van der Waals surface area (Å²) in [6.45, 7) is 0. The minimum Gasteiger partial charge on any atom is -0.543 e. The molecular weight excluding hydrogens is 1010 g/mol. The van der Waals surface area contributed by atoms with Crippen LogP contribution in [0.2, 0.25) is 0 Å². The van der Waals surface area contributed by atoms with Crippen LogP contribution in [-0.4, -0.2) is 42.8 Å². The molecule has 16 heteroatoms. The molecule has 5 aromatic heterocycles. The van der Waals surface area contributed by atoms with Gasteiger partial charge in [0.2, 0.25) is 0 Å². The summed E-state index contributed by atoms with van der Waals surface area (Å²) in [4.78, 5) is 49.4. The fourth-order valence-corrected chi connectivity index (χ4v) is 5.28. The number of para-hydroxylation sites is 2. The molecule has 0 aliphatic heterocycles. The van der Waals surface area contributed by atoms with Crippen molar-refractivity contribution in [2.45, 2.75) is 0 Å². The van der Waals surface area contributed by atoms with Gasteiger partial charge in [0.25, 0.3) is 0 Å². The molecule has 11 nitrogen and oxygen atoms in total. The van der Waals surface area contributed by atoms with E-state index in [9.17, 15) is 47.3 Å². The topological polar surface area (TPSA) is 185 Å². The molecule has 0 spiro atoms. The van der Waals surface area contributed by atoms with Crippen LogP contribution in [0.4, 0.5) is 17.6 Å². The number of rotatable bonds is 5. The van der Waals surface area contributed by atoms with Gasteiger partial charge in [-0.2, -0.15) is 0 Å². The number of hydrogen-bond acceptors (Lipinski definition) is 11. The third-order valence-corrected chi connectivity index (χ3v) is 8.23. The summed E-state index contributed by atoms with van der Waals surface area (Å²) in [6.07, 6.45) is 4.22. The minimum absolute atomic E-state index is 0. The van der Waals surface area contributed by atoms with E-state index in [1.54, 1.807) is 48.5 Å². The fourth-order valence-electron chi connectivity index (χ4n) is 5.28. The molecule has 0 saturated carbocycles. The number of fused-ring (bicyclic) bond motifs is 2. The zero-order valence-electron chi connectivity index (χ0n) is 32.9. The van der Waals surface area contributed by atoms with Crippen LogP contribution in [0.3, 0.4) is 0 Å². The molecule has 320 valence electrons. The van der Waals surface area contributed by atoms with E-state index in [1.165, 1.54) is 61.1 Å². The van der Waals surface area contributed by atoms with E-state index in [0.29, 0.717) is 22.5 Å². The summed E-state index contributed by atoms with van der Waals surface area (Å²) in [7, 11) is 0. The number of halogens is 4. The van der Waals surface area contributed by atoms with Crippen LogP contribution in [0.5, 0.6) is 0 Å². The molecule has 0 atom stereocenters. The van der Waals surface area contributed by atoms with Crippen molar-refractivity contribution in [1.29, 1.82) is 0 Å². The Morgan fingerprint density at radius 2 is 0.719 bits per heavy atom. The van der Waals surface area contributed by atoms with Crippen LogP contribution in [0, 0.1) is 23.3 Å². The number of aromatic carboxylic acids is 3. The van der Waals surface area contributed by atoms with Gasteiger partial charge in [-0.15, -0.1) is 0 Å². The molecular formula is C48H30F4IrN5O6. The van der Waals surface area contributed by atoms with Gasteiger partial charge in [-0.25, -0.2) is 27.5 Å². The number of benzene rings is 4. The van der Waals surface area contributed by atoms with Gasteiger partial charge in [-0.1, -0.05) is 66.7 Å². The smallest absolute Gasteiger partial charge is 0.543 e. The maximum absolute atomic E-state index is 13.7. The molecule has 0 amide bonds. The van der Waals surface area contributed by atoms with Gasteiger partial charge in [0, 0.05) is 52.6 Å². The summed E-state index contributed by atoms with van der Waals surface area (Å²) < 4.78 is 53.0. The standard InChI is InChI=1S/2C15H9F2N.3C6H5NO2.Ir/c2*16-11-6-7-12(13(17)9-11)15-8-5-10-3-1-2-4-14(10)18-15;3*8-6(9)5-3-1-2-4-7-5;/h2*1-9H;3*1-4H,(H,8,9);/q;;;;;+3/p-3. The molecule has 0 aliphatic rings. The molecule has 4 aromatic carbocycles. The van der Waals surface area contributed by atoms with Crippen LogP contribution in [0.1, 0.15) is 31.5 Å². The van der Waals surface area contributed by atoms with Crippen LogP contribution < -0.4 is 15.3 Å². The van der Waals surface area contributed by atoms with Crippen molar-refractivity contribution >= 4 is 39.7 Å². The SMILES string of the molecule is Fc1ccc(-c2ccc3ccccc3n2)c(F)c1.Fc1ccc(-c2ccc3ccccc3n2)c(F)c1.O=C([O-])c1ccccn1.O=C([O-])c1ccccn1.O=C([O-])c1ccccn1.[Ir+3]. The molecule has 0 unspecified atom stereocenters. The first kappa shape index (κ1) is 48.6. The number of aromatic nitrogens is 5. The summed E-state index contributed by atoms with van der Waals surface area (Å²) in [5, 5.41) is 32.1. The Balaban J connectivity index is 0.000000182. The number of carbonyl (C=O) groups is 3. The number of hydrogen-bond donors (Lipinski definition) is 0. The summed E-state index contributed by atoms with van der Waals surface area (Å²) >= 11 is 0. The Labute approximate surface area is 375 Å². The third-order valence-electron chi connectivity index (χ3n) is 8.23. The zero-order valence-corrected chi connectivity index (χ0v) is 35.2. The van der Waals surface area contributed by atoms with Gasteiger partial charge < -0.3 is 29.7 Å². The first-order chi connectivity index (χ1) is 30.4. The van der Waals surface area contributed by atoms with E-state index in [0.717, 1.165) is 33.9 Å². The van der Waals surface area contributed by atoms with Crippen molar-refractivity contribution in [3.8, 4) is 22.5 Å². The van der Waals surface area contributed by atoms with Crippen molar-refractivity contribution < 1.29 is 67.4 Å². The molecule has 0 N–H and O–H groups in total. The maximum atomic E-state index is 13.7. The molecule has 9 aromatic rings. The van der Waals surface area contributed by atoms with Gasteiger partial charge in [0.1, 0.15) is 23.3 Å². The zero-order chi connectivity index (χ0) is 45.1. The van der Waals surface area contributed by atoms with Gasteiger partial charge in [0.05, 0.1) is 57.4 Å². The summed E-state index contributed by atoms with van der Waals surface area (Å²) in [5.74, 6) is -6.09. The monoisotopic (exact) mass is 1040 g/mol. The molecule has 5 heterocycles. The van der Waals surface area contributed by atoms with E-state index in [2.05, 4.69) is 24.9 Å². The fraction of sp³-hybridized carbons (Fsp3) is 0. The second-order valence-corrected chi connectivity index (χ2v) is 12.5. The molecule has 0 bridgehead atoms. The number of carboxylic acid groups (broad SMARTS) is 3. The second kappa shape index (κ2) is 24.4. The predicted molar refractivity (Wildman–Crippen MR) is 220 cm³/mol. The van der Waals surface area contributed by atoms with Crippen LogP contribution >= 0.6 is 0 Å². The van der Waals surface area contributed by atoms with Gasteiger partial charge >= 0.3 is 20.1 Å². The average molecular weight is 1040 g/mol. The Morgan fingerprint density at radius 1 is 0.391 bits per heavy atom. The van der Waals surface area contributed by atoms with Crippen molar-refractivity contribution in [3.63, 3.8) is 0 Å². The van der Waals surface area contributed by atoms with E-state index < -0.39 is 41.2 Å². The van der Waals surface area contributed by atoms with E-state index in [1.807, 2.05) is 60.7 Å². The summed E-state index contributed by atoms with van der Waals surface area (Å²) in [6, 6.07) is 43.3. The van der Waals surface area contributed by atoms with Crippen LogP contribution in [0.25, 0.3) is 44.3 Å². The van der Waals surface area contributed by atoms with Crippen LogP contribution in [0.15, 0.2) is 182 Å². The first-order valence-electron chi connectivity index (χ1n) is 18.4. The van der Waals surface area contributed by atoms with Crippen molar-refractivity contribution in [2.24, 2.45) is 0 Å². The average Bonchev–Trinajstić information content (AvgIpc) is 3.30. The van der Waals surface area contributed by atoms with Gasteiger partial charge in [-0.05, 0) is 84.9 Å². The number of carbonyl (C=O) groups excluding carboxylic acids is 3. The number of pyridine rings is 5. The molecule has 0 aliphatic carbocycles. The Morgan fingerprint density at radius 3 is 1.00 bits per heavy atom. The number of nitrogens with zero attached hydrogens (tertiary/aromatic N) is 5.